The first-order valence-electron chi connectivity index (χ1n) is 19.4. The fourth-order valence-corrected chi connectivity index (χ4v) is 7.24. The Labute approximate surface area is 339 Å². The number of aromatic nitrogens is 6. The van der Waals surface area contributed by atoms with E-state index >= 15 is 0 Å². The summed E-state index contributed by atoms with van der Waals surface area (Å²) in [5, 5.41) is 28.0. The van der Waals surface area contributed by atoms with Crippen LogP contribution in [0.15, 0.2) is 78.6 Å². The molecule has 6 heterocycles. The summed E-state index contributed by atoms with van der Waals surface area (Å²) < 4.78 is 0. The number of carbonyl (C=O) groups is 2. The standard InChI is InChI=1S/C43H42N12O4/c1-22(56)8-24-4-6-47-18-32(24)37-13-27-15-39(53-42(57)30-10-28(30)16-44)50-21-35(27)41(52-37)55-59-23(2)9-25-5-7-48-19-33(25)36-12-26-14-38(49-20-34(26)40(45)51-36)54-43(58)31-11-29(31)17-46-3/h4-7,12-15,17-23,28-31,56H,8-11H2,1-3H3,(H2,45,51)(H,52,55)(H,49,54,58)(H,50,53,57)/t22?,23?,28-,29+,30+,31-/m0/s1. The molecule has 2 aliphatic carbocycles. The summed E-state index contributed by atoms with van der Waals surface area (Å²) in [6.07, 6.45) is 13.0. The number of nitrogens with two attached hydrogens (primary N) is 1. The summed E-state index contributed by atoms with van der Waals surface area (Å²) in [6, 6.07) is 13.2. The number of rotatable bonds is 14. The minimum absolute atomic E-state index is 0.0943. The zero-order valence-corrected chi connectivity index (χ0v) is 32.6. The molecule has 16 heteroatoms. The lowest BCUT2D eigenvalue weighted by atomic mass is 10.0. The fourth-order valence-electron chi connectivity index (χ4n) is 7.24. The summed E-state index contributed by atoms with van der Waals surface area (Å²) >= 11 is 0. The first-order chi connectivity index (χ1) is 28.6. The van der Waals surface area contributed by atoms with Crippen LogP contribution in [0.5, 0.6) is 0 Å². The lowest BCUT2D eigenvalue weighted by molar-refractivity contribution is -0.118. The van der Waals surface area contributed by atoms with Gasteiger partial charge in [-0.2, -0.15) is 5.26 Å². The van der Waals surface area contributed by atoms with Crippen LogP contribution in [0.25, 0.3) is 44.1 Å². The maximum Gasteiger partial charge on any atom is 0.230 e. The molecule has 59 heavy (non-hydrogen) atoms. The van der Waals surface area contributed by atoms with E-state index in [9.17, 15) is 20.0 Å². The van der Waals surface area contributed by atoms with Crippen molar-refractivity contribution in [1.29, 1.82) is 5.26 Å². The van der Waals surface area contributed by atoms with Crippen LogP contribution in [-0.4, -0.2) is 72.3 Å². The maximum absolute atomic E-state index is 12.8. The van der Waals surface area contributed by atoms with Crippen LogP contribution < -0.4 is 21.8 Å². The Balaban J connectivity index is 1.04. The molecule has 16 nitrogen and oxygen atoms in total. The van der Waals surface area contributed by atoms with Crippen molar-refractivity contribution < 1.29 is 19.5 Å². The smallest absolute Gasteiger partial charge is 0.230 e. The van der Waals surface area contributed by atoms with Crippen molar-refractivity contribution in [2.75, 3.05) is 28.9 Å². The molecule has 0 saturated heterocycles. The van der Waals surface area contributed by atoms with Gasteiger partial charge in [0.05, 0.1) is 41.5 Å². The Morgan fingerprint density at radius 1 is 0.898 bits per heavy atom. The first kappa shape index (κ1) is 38.9. The number of aliphatic hydroxyl groups excluding tert-OH is 1. The zero-order chi connectivity index (χ0) is 41.2. The minimum atomic E-state index is -0.591. The van der Waals surface area contributed by atoms with E-state index < -0.39 is 12.2 Å². The van der Waals surface area contributed by atoms with Crippen molar-refractivity contribution in [3.05, 3.63) is 84.7 Å². The van der Waals surface area contributed by atoms with Gasteiger partial charge in [-0.15, -0.1) is 0 Å². The second-order valence-electron chi connectivity index (χ2n) is 15.2. The number of anilines is 4. The molecule has 2 fully saturated rings. The summed E-state index contributed by atoms with van der Waals surface area (Å²) in [4.78, 5) is 63.1. The highest BCUT2D eigenvalue weighted by molar-refractivity contribution is 6.01. The van der Waals surface area contributed by atoms with E-state index in [1.807, 2.05) is 31.2 Å². The predicted octanol–water partition coefficient (Wildman–Crippen LogP) is 5.55. The van der Waals surface area contributed by atoms with Crippen LogP contribution in [0.1, 0.15) is 37.8 Å². The zero-order valence-electron chi connectivity index (χ0n) is 32.6. The van der Waals surface area contributed by atoms with Crippen molar-refractivity contribution in [3.63, 3.8) is 0 Å². The Morgan fingerprint density at radius 2 is 1.51 bits per heavy atom. The van der Waals surface area contributed by atoms with Gasteiger partial charge < -0.3 is 26.5 Å². The lowest BCUT2D eigenvalue weighted by Gasteiger charge is -2.18. The van der Waals surface area contributed by atoms with E-state index in [2.05, 4.69) is 47.1 Å². The molecule has 0 aromatic carbocycles. The monoisotopic (exact) mass is 790 g/mol. The van der Waals surface area contributed by atoms with Gasteiger partial charge in [0.15, 0.2) is 5.82 Å². The summed E-state index contributed by atoms with van der Waals surface area (Å²) in [5.41, 5.74) is 14.0. The number of fused-ring (bicyclic) bond motifs is 2. The molecule has 6 aromatic rings. The SMILES string of the molecule is CN=C[C@H]1C[C@@H]1C(=O)Nc1cc2cc(-c3cnccc3CC(C)ONc3nc(-c4cnccc4CC(C)O)cc4cc(NC(=O)[C@@H]5C[C@H]5C#N)ncc34)nc(N)c2cn1. The minimum Gasteiger partial charge on any atom is -0.393 e. The third-order valence-corrected chi connectivity index (χ3v) is 10.5. The number of nitrogens with one attached hydrogen (secondary N) is 3. The number of aliphatic imine (C=N–C) groups is 1. The number of hydrogen-bond donors (Lipinski definition) is 5. The van der Waals surface area contributed by atoms with Crippen LogP contribution in [0.2, 0.25) is 0 Å². The topological polar surface area (TPSA) is 239 Å². The predicted molar refractivity (Wildman–Crippen MR) is 224 cm³/mol. The molecular weight excluding hydrogens is 749 g/mol. The van der Waals surface area contributed by atoms with Crippen molar-refractivity contribution in [1.82, 2.24) is 29.9 Å². The van der Waals surface area contributed by atoms with Crippen molar-refractivity contribution in [2.45, 2.75) is 51.7 Å². The van der Waals surface area contributed by atoms with Crippen LogP contribution in [0.4, 0.5) is 23.3 Å². The maximum atomic E-state index is 12.8. The number of pyridine rings is 6. The molecule has 8 rings (SSSR count). The molecule has 6 aromatic heterocycles. The number of aliphatic hydroxyl groups is 1. The van der Waals surface area contributed by atoms with Gasteiger partial charge in [0.1, 0.15) is 17.5 Å². The van der Waals surface area contributed by atoms with Crippen LogP contribution in [0, 0.1) is 35.0 Å². The van der Waals surface area contributed by atoms with E-state index in [0.717, 1.165) is 39.4 Å². The molecule has 0 aliphatic heterocycles. The Bertz CT molecular complexity index is 2660. The van der Waals surface area contributed by atoms with Crippen molar-refractivity contribution >= 4 is 62.8 Å². The van der Waals surface area contributed by atoms with Gasteiger partial charge in [-0.05, 0) is 91.4 Å². The third kappa shape index (κ3) is 8.66. The van der Waals surface area contributed by atoms with E-state index in [-0.39, 0.29) is 35.5 Å². The van der Waals surface area contributed by atoms with Crippen molar-refractivity contribution in [2.24, 2.45) is 28.7 Å². The lowest BCUT2D eigenvalue weighted by Crippen LogP contribution is -2.18. The Kier molecular flexibility index (Phi) is 10.9. The molecule has 2 amide bonds. The van der Waals surface area contributed by atoms with Crippen LogP contribution >= 0.6 is 0 Å². The van der Waals surface area contributed by atoms with E-state index in [1.54, 1.807) is 69.5 Å². The van der Waals surface area contributed by atoms with Crippen LogP contribution in [0.3, 0.4) is 0 Å². The molecule has 6 atom stereocenters. The van der Waals surface area contributed by atoms with Gasteiger partial charge >= 0.3 is 0 Å². The number of nitrogens with zero attached hydrogens (tertiary/aromatic N) is 8. The van der Waals surface area contributed by atoms with Crippen LogP contribution in [-0.2, 0) is 27.3 Å². The van der Waals surface area contributed by atoms with Gasteiger partial charge in [-0.25, -0.2) is 25.4 Å². The molecule has 0 spiro atoms. The van der Waals surface area contributed by atoms with E-state index in [0.29, 0.717) is 64.7 Å². The summed E-state index contributed by atoms with van der Waals surface area (Å²) in [5.74, 6) is 0.521. The molecule has 298 valence electrons. The molecule has 2 saturated carbocycles. The van der Waals surface area contributed by atoms with E-state index in [4.69, 9.17) is 20.5 Å². The van der Waals surface area contributed by atoms with Gasteiger partial charge in [0.2, 0.25) is 11.8 Å². The van der Waals surface area contributed by atoms with Gasteiger partial charge in [0, 0.05) is 90.6 Å². The third-order valence-electron chi connectivity index (χ3n) is 10.5. The number of carbonyl (C=O) groups excluding carboxylic acids is 2. The number of nitriles is 1. The average molecular weight is 791 g/mol. The largest absolute Gasteiger partial charge is 0.393 e. The highest BCUT2D eigenvalue weighted by atomic mass is 16.7. The normalized spacial score (nSPS) is 19.2. The summed E-state index contributed by atoms with van der Waals surface area (Å²) in [7, 11) is 1.70. The number of nitrogen functional groups attached to an aromatic ring is 1. The number of hydrogen-bond acceptors (Lipinski definition) is 14. The molecular formula is C43H42N12O4. The van der Waals surface area contributed by atoms with E-state index in [1.165, 1.54) is 0 Å². The first-order valence-corrected chi connectivity index (χ1v) is 19.4. The molecule has 2 aliphatic rings. The Morgan fingerprint density at radius 3 is 2.14 bits per heavy atom. The van der Waals surface area contributed by atoms with Gasteiger partial charge in [-0.3, -0.25) is 24.4 Å². The average Bonchev–Trinajstić information content (AvgIpc) is 4.16. The highest BCUT2D eigenvalue weighted by Crippen LogP contribution is 2.39. The fraction of sp³-hybridized carbons (Fsp3) is 0.302. The molecule has 0 radical (unpaired) electrons. The molecule has 6 N–H and O–H groups in total. The molecule has 2 unspecified atom stereocenters. The van der Waals surface area contributed by atoms with Crippen molar-refractivity contribution in [3.8, 4) is 28.6 Å². The highest BCUT2D eigenvalue weighted by Gasteiger charge is 2.43. The second kappa shape index (κ2) is 16.5. The van der Waals surface area contributed by atoms with Gasteiger partial charge in [-0.1, -0.05) is 0 Å². The van der Waals surface area contributed by atoms with Gasteiger partial charge in [0.25, 0.3) is 0 Å². The summed E-state index contributed by atoms with van der Waals surface area (Å²) in [6.45, 7) is 3.64. The quantitative estimate of drug-likeness (QED) is 0.0673. The molecule has 0 bridgehead atoms. The second-order valence-corrected chi connectivity index (χ2v) is 15.2. The number of amides is 2. The Hall–Kier alpha value is -6.96.